The number of nitrogens with zero attached hydrogens (tertiary/aromatic N) is 6. The molecule has 1 aliphatic heterocycles. The lowest BCUT2D eigenvalue weighted by molar-refractivity contribution is -0.126. The van der Waals surface area contributed by atoms with Crippen LogP contribution >= 0.6 is 0 Å². The molecule has 34 heavy (non-hydrogen) atoms. The van der Waals surface area contributed by atoms with Crippen LogP contribution in [0.1, 0.15) is 44.8 Å². The van der Waals surface area contributed by atoms with Gasteiger partial charge in [0.25, 0.3) is 0 Å². The van der Waals surface area contributed by atoms with Gasteiger partial charge in [-0.3, -0.25) is 9.69 Å². The lowest BCUT2D eigenvalue weighted by Crippen LogP contribution is -2.51. The van der Waals surface area contributed by atoms with Crippen LogP contribution in [0.5, 0.6) is 0 Å². The first-order valence-electron chi connectivity index (χ1n) is 11.9. The molecule has 1 aromatic carbocycles. The van der Waals surface area contributed by atoms with Gasteiger partial charge in [0.05, 0.1) is 17.9 Å². The van der Waals surface area contributed by atoms with Crippen LogP contribution in [-0.4, -0.2) is 62.9 Å². The van der Waals surface area contributed by atoms with Gasteiger partial charge in [0, 0.05) is 32.7 Å². The highest BCUT2D eigenvalue weighted by Gasteiger charge is 2.30. The van der Waals surface area contributed by atoms with Gasteiger partial charge in [0.1, 0.15) is 18.2 Å². The predicted molar refractivity (Wildman–Crippen MR) is 132 cm³/mol. The predicted octanol–water partition coefficient (Wildman–Crippen LogP) is 2.40. The van der Waals surface area contributed by atoms with Crippen LogP contribution in [-0.2, 0) is 4.79 Å². The summed E-state index contributed by atoms with van der Waals surface area (Å²) in [6, 6.07) is 13.5. The molecular weight excluding hydrogens is 430 g/mol. The highest BCUT2D eigenvalue weighted by molar-refractivity contribution is 5.83. The Labute approximate surface area is 200 Å². The first-order chi connectivity index (χ1) is 16.5. The maximum absolute atomic E-state index is 13.0. The van der Waals surface area contributed by atoms with Crippen molar-refractivity contribution in [2.24, 2.45) is 0 Å². The maximum atomic E-state index is 13.0. The summed E-state index contributed by atoms with van der Waals surface area (Å²) in [5.74, 6) is 0.913. The van der Waals surface area contributed by atoms with Crippen molar-refractivity contribution in [1.82, 2.24) is 29.5 Å². The molecule has 1 amide bonds. The molecule has 0 aliphatic carbocycles. The molecule has 3 aromatic rings. The fraction of sp³-hybridized carbons (Fsp3) is 0.440. The molecule has 1 saturated heterocycles. The number of piperazine rings is 1. The second-order valence-electron chi connectivity index (χ2n) is 8.82. The zero-order valence-corrected chi connectivity index (χ0v) is 20.1. The summed E-state index contributed by atoms with van der Waals surface area (Å²) >= 11 is 0. The Morgan fingerprint density at radius 2 is 1.79 bits per heavy atom. The highest BCUT2D eigenvalue weighted by atomic mass is 16.2. The molecule has 0 bridgehead atoms. The molecule has 1 fully saturated rings. The number of anilines is 1. The van der Waals surface area contributed by atoms with E-state index in [1.807, 2.05) is 56.3 Å². The van der Waals surface area contributed by atoms with E-state index in [0.717, 1.165) is 44.0 Å². The second kappa shape index (κ2) is 10.6. The minimum absolute atomic E-state index is 0.000967. The number of carbonyl (C=O) groups is 1. The van der Waals surface area contributed by atoms with E-state index in [2.05, 4.69) is 32.1 Å². The first kappa shape index (κ1) is 23.7. The van der Waals surface area contributed by atoms with Crippen molar-refractivity contribution in [2.75, 3.05) is 37.6 Å². The molecule has 9 heteroatoms. The van der Waals surface area contributed by atoms with Crippen LogP contribution in [0.25, 0.3) is 5.69 Å². The second-order valence-corrected chi connectivity index (χ2v) is 8.82. The molecule has 0 saturated carbocycles. The highest BCUT2D eigenvalue weighted by Crippen LogP contribution is 2.24. The van der Waals surface area contributed by atoms with Gasteiger partial charge in [-0.05, 0) is 38.0 Å². The standard InChI is InChI=1S/C25H33N7O2/c1-4-12-26-24(33)23(20-8-6-5-7-9-20)30-15-13-29(14-16-30)22-11-10-21(17-27-22)31-18-28-32(19(2)3)25(31)34/h5-11,17-19,23H,4,12-16H2,1-3H3,(H,26,33). The molecule has 1 N–H and O–H groups in total. The molecule has 1 aliphatic rings. The number of hydrogen-bond acceptors (Lipinski definition) is 6. The number of hydrogen-bond donors (Lipinski definition) is 1. The normalized spacial score (nSPS) is 15.5. The van der Waals surface area contributed by atoms with Gasteiger partial charge in [-0.2, -0.15) is 5.10 Å². The zero-order valence-electron chi connectivity index (χ0n) is 20.1. The summed E-state index contributed by atoms with van der Waals surface area (Å²) in [4.78, 5) is 34.6. The summed E-state index contributed by atoms with van der Waals surface area (Å²) < 4.78 is 2.96. The number of carbonyl (C=O) groups excluding carboxylic acids is 1. The SMILES string of the molecule is CCCNC(=O)C(c1ccccc1)N1CCN(c2ccc(-n3cnn(C(C)C)c3=O)cn2)CC1. The molecule has 9 nitrogen and oxygen atoms in total. The Balaban J connectivity index is 1.44. The van der Waals surface area contributed by atoms with Gasteiger partial charge in [-0.25, -0.2) is 19.0 Å². The summed E-state index contributed by atoms with van der Waals surface area (Å²) in [5, 5.41) is 7.24. The van der Waals surface area contributed by atoms with Gasteiger partial charge < -0.3 is 10.2 Å². The maximum Gasteiger partial charge on any atom is 0.350 e. The lowest BCUT2D eigenvalue weighted by atomic mass is 10.0. The van der Waals surface area contributed by atoms with Crippen LogP contribution in [0, 0.1) is 0 Å². The van der Waals surface area contributed by atoms with E-state index in [0.29, 0.717) is 12.2 Å². The van der Waals surface area contributed by atoms with Crippen molar-refractivity contribution in [1.29, 1.82) is 0 Å². The Kier molecular flexibility index (Phi) is 7.42. The van der Waals surface area contributed by atoms with E-state index in [9.17, 15) is 9.59 Å². The van der Waals surface area contributed by atoms with E-state index in [-0.39, 0.29) is 23.7 Å². The number of nitrogens with one attached hydrogen (secondary N) is 1. The van der Waals surface area contributed by atoms with Crippen LogP contribution in [0.15, 0.2) is 59.8 Å². The van der Waals surface area contributed by atoms with Gasteiger partial charge >= 0.3 is 5.69 Å². The fourth-order valence-electron chi connectivity index (χ4n) is 4.27. The van der Waals surface area contributed by atoms with Crippen molar-refractivity contribution >= 4 is 11.7 Å². The summed E-state index contributed by atoms with van der Waals surface area (Å²) in [6.07, 6.45) is 4.15. The van der Waals surface area contributed by atoms with Crippen LogP contribution in [0.4, 0.5) is 5.82 Å². The molecule has 4 rings (SSSR count). The molecule has 3 heterocycles. The van der Waals surface area contributed by atoms with Crippen molar-refractivity contribution in [3.63, 3.8) is 0 Å². The van der Waals surface area contributed by atoms with Crippen LogP contribution in [0.2, 0.25) is 0 Å². The molecule has 1 atom stereocenters. The molecule has 1 unspecified atom stereocenters. The van der Waals surface area contributed by atoms with Crippen LogP contribution in [0.3, 0.4) is 0 Å². The minimum Gasteiger partial charge on any atom is -0.354 e. The van der Waals surface area contributed by atoms with E-state index >= 15 is 0 Å². The summed E-state index contributed by atoms with van der Waals surface area (Å²) in [6.45, 7) is 9.63. The van der Waals surface area contributed by atoms with Crippen molar-refractivity contribution in [3.8, 4) is 5.69 Å². The average molecular weight is 464 g/mol. The number of benzene rings is 1. The van der Waals surface area contributed by atoms with E-state index in [1.165, 1.54) is 15.6 Å². The number of aromatic nitrogens is 4. The topological polar surface area (TPSA) is 88.3 Å². The third kappa shape index (κ3) is 5.04. The van der Waals surface area contributed by atoms with E-state index in [1.54, 1.807) is 6.20 Å². The van der Waals surface area contributed by atoms with Gasteiger partial charge in [-0.1, -0.05) is 37.3 Å². The Hall–Kier alpha value is -3.46. The van der Waals surface area contributed by atoms with Gasteiger partial charge in [0.2, 0.25) is 5.91 Å². The number of amides is 1. The summed E-state index contributed by atoms with van der Waals surface area (Å²) in [5.41, 5.74) is 1.53. The molecule has 0 spiro atoms. The first-order valence-corrected chi connectivity index (χ1v) is 11.9. The summed E-state index contributed by atoms with van der Waals surface area (Å²) in [7, 11) is 0. The third-order valence-corrected chi connectivity index (χ3v) is 6.11. The quantitative estimate of drug-likeness (QED) is 0.552. The minimum atomic E-state index is -0.297. The van der Waals surface area contributed by atoms with Gasteiger partial charge in [0.15, 0.2) is 0 Å². The molecule has 0 radical (unpaired) electrons. The van der Waals surface area contributed by atoms with E-state index in [4.69, 9.17) is 0 Å². The Bertz CT molecular complexity index is 1130. The van der Waals surface area contributed by atoms with Crippen molar-refractivity contribution < 1.29 is 4.79 Å². The fourth-order valence-corrected chi connectivity index (χ4v) is 4.27. The van der Waals surface area contributed by atoms with Crippen LogP contribution < -0.4 is 15.9 Å². The molecular formula is C25H33N7O2. The average Bonchev–Trinajstić information content (AvgIpc) is 3.25. The number of rotatable bonds is 8. The van der Waals surface area contributed by atoms with Crippen molar-refractivity contribution in [3.05, 3.63) is 71.0 Å². The smallest absolute Gasteiger partial charge is 0.350 e. The zero-order chi connectivity index (χ0) is 24.1. The molecule has 2 aromatic heterocycles. The number of pyridine rings is 1. The van der Waals surface area contributed by atoms with Gasteiger partial charge in [-0.15, -0.1) is 0 Å². The van der Waals surface area contributed by atoms with E-state index < -0.39 is 0 Å². The lowest BCUT2D eigenvalue weighted by Gasteiger charge is -2.39. The Morgan fingerprint density at radius 3 is 2.38 bits per heavy atom. The third-order valence-electron chi connectivity index (χ3n) is 6.11. The largest absolute Gasteiger partial charge is 0.354 e. The van der Waals surface area contributed by atoms with Crippen molar-refractivity contribution in [2.45, 2.75) is 39.3 Å². The monoisotopic (exact) mass is 463 g/mol. The molecule has 180 valence electrons. The Morgan fingerprint density at radius 1 is 1.06 bits per heavy atom.